The first-order chi connectivity index (χ1) is 5.59. The van der Waals surface area contributed by atoms with Crippen LogP contribution in [-0.4, -0.2) is 34.0 Å². The molecule has 1 unspecified atom stereocenters. The van der Waals surface area contributed by atoms with E-state index in [1.165, 1.54) is 0 Å². The zero-order valence-corrected chi connectivity index (χ0v) is 8.50. The van der Waals surface area contributed by atoms with Gasteiger partial charge in [-0.2, -0.15) is 16.7 Å². The van der Waals surface area contributed by atoms with Crippen molar-refractivity contribution in [3.05, 3.63) is 0 Å². The van der Waals surface area contributed by atoms with E-state index in [2.05, 4.69) is 0 Å². The predicted octanol–water partition coefficient (Wildman–Crippen LogP) is 0.0691. The molecule has 0 saturated carbocycles. The average molecular weight is 214 g/mol. The summed E-state index contributed by atoms with van der Waals surface area (Å²) in [5.74, 6) is -0.1000. The average Bonchev–Trinajstić information content (AvgIpc) is 2.01. The van der Waals surface area contributed by atoms with Crippen molar-refractivity contribution >= 4 is 26.4 Å². The zero-order valence-electron chi connectivity index (χ0n) is 6.69. The van der Waals surface area contributed by atoms with Crippen LogP contribution >= 0.6 is 20.4 Å². The third-order valence-electron chi connectivity index (χ3n) is 0.950. The highest BCUT2D eigenvalue weighted by Crippen LogP contribution is 1.97. The van der Waals surface area contributed by atoms with Gasteiger partial charge in [0.25, 0.3) is 0 Å². The largest absolute Gasteiger partial charge is 0.491 e. The lowest BCUT2D eigenvalue weighted by atomic mass is 10.2. The Morgan fingerprint density at radius 2 is 2.17 bits per heavy atom. The van der Waals surface area contributed by atoms with Crippen molar-refractivity contribution in [1.82, 2.24) is 0 Å². The molecule has 0 heterocycles. The number of carbonyl (C=O) groups is 1. The van der Waals surface area contributed by atoms with E-state index in [1.807, 2.05) is 6.26 Å². The molecule has 0 amide bonds. The van der Waals surface area contributed by atoms with Crippen LogP contribution < -0.4 is 5.73 Å². The van der Waals surface area contributed by atoms with Crippen LogP contribution in [0.2, 0.25) is 0 Å². The standard InChI is InChI=1S/C5H11NO2S.HO2P/c1-9-3-2-4(6)5(7)8;1-3-2/h4H,2-3,6H2,1H3,(H,7,8);3H/p+1/t4-;/m0./s1. The number of carboxylic acids is 1. The van der Waals surface area contributed by atoms with Crippen molar-refractivity contribution in [1.29, 1.82) is 0 Å². The van der Waals surface area contributed by atoms with E-state index in [0.29, 0.717) is 6.42 Å². The SMILES string of the molecule is CSCC[C@H](N)C(=O)O.O=[PH+]O. The van der Waals surface area contributed by atoms with Gasteiger partial charge in [-0.15, -0.1) is 0 Å². The number of rotatable bonds is 4. The maximum atomic E-state index is 10.1. The van der Waals surface area contributed by atoms with Gasteiger partial charge in [0.2, 0.25) is 0 Å². The zero-order chi connectivity index (χ0) is 9.98. The molecule has 0 aliphatic carbocycles. The fourth-order valence-corrected chi connectivity index (χ4v) is 0.858. The van der Waals surface area contributed by atoms with Crippen LogP contribution in [0.5, 0.6) is 0 Å². The van der Waals surface area contributed by atoms with Crippen molar-refractivity contribution in [3.63, 3.8) is 0 Å². The number of aliphatic carboxylic acids is 1. The summed E-state index contributed by atoms with van der Waals surface area (Å²) in [6, 6.07) is -0.683. The maximum Gasteiger partial charge on any atom is 0.491 e. The van der Waals surface area contributed by atoms with E-state index in [9.17, 15) is 4.79 Å². The van der Waals surface area contributed by atoms with Gasteiger partial charge >= 0.3 is 14.7 Å². The summed E-state index contributed by atoms with van der Waals surface area (Å²) >= 11 is 1.60. The normalized spacial score (nSPS) is 11.6. The van der Waals surface area contributed by atoms with Gasteiger partial charge in [-0.25, -0.2) is 0 Å². The number of hydrogen-bond acceptors (Lipinski definition) is 4. The number of hydrogen-bond donors (Lipinski definition) is 3. The Kier molecular flexibility index (Phi) is 13.0. The quantitative estimate of drug-likeness (QED) is 0.572. The summed E-state index contributed by atoms with van der Waals surface area (Å²) in [6.45, 7) is 0. The molecule has 5 nitrogen and oxygen atoms in total. The van der Waals surface area contributed by atoms with Crippen molar-refractivity contribution in [3.8, 4) is 0 Å². The van der Waals surface area contributed by atoms with Gasteiger partial charge in [0.05, 0.1) is 0 Å². The molecule has 0 bridgehead atoms. The highest BCUT2D eigenvalue weighted by atomic mass is 32.2. The molecule has 0 spiro atoms. The van der Waals surface area contributed by atoms with Crippen molar-refractivity contribution in [2.24, 2.45) is 5.73 Å². The van der Waals surface area contributed by atoms with E-state index >= 15 is 0 Å². The van der Waals surface area contributed by atoms with Crippen LogP contribution in [0.25, 0.3) is 0 Å². The molecule has 7 heteroatoms. The van der Waals surface area contributed by atoms with Crippen LogP contribution in [0.3, 0.4) is 0 Å². The Bertz CT molecular complexity index is 135. The predicted molar refractivity (Wildman–Crippen MR) is 49.8 cm³/mol. The lowest BCUT2D eigenvalue weighted by Gasteiger charge is -2.02. The summed E-state index contributed by atoms with van der Waals surface area (Å²) in [7, 11) is -1.17. The molecule has 0 saturated heterocycles. The first-order valence-corrected chi connectivity index (χ1v) is 5.33. The van der Waals surface area contributed by atoms with E-state index in [4.69, 9.17) is 20.3 Å². The molecule has 72 valence electrons. The highest BCUT2D eigenvalue weighted by molar-refractivity contribution is 7.98. The molecule has 0 aliphatic rings. The Morgan fingerprint density at radius 3 is 2.42 bits per heavy atom. The molecule has 4 N–H and O–H groups in total. The van der Waals surface area contributed by atoms with E-state index in [0.717, 1.165) is 5.75 Å². The fraction of sp³-hybridized carbons (Fsp3) is 0.800. The fourth-order valence-electron chi connectivity index (χ4n) is 0.368. The van der Waals surface area contributed by atoms with Crippen LogP contribution in [0.1, 0.15) is 6.42 Å². The molecular formula is C5H13NO4PS+. The first-order valence-electron chi connectivity index (χ1n) is 3.08. The Balaban J connectivity index is 0. The lowest BCUT2D eigenvalue weighted by Crippen LogP contribution is -2.30. The second-order valence-electron chi connectivity index (χ2n) is 1.82. The third kappa shape index (κ3) is 12.5. The summed E-state index contributed by atoms with van der Waals surface area (Å²) in [5.41, 5.74) is 5.19. The molecule has 0 aliphatic heterocycles. The first kappa shape index (κ1) is 14.4. The highest BCUT2D eigenvalue weighted by Gasteiger charge is 2.08. The van der Waals surface area contributed by atoms with E-state index in [1.54, 1.807) is 11.8 Å². The van der Waals surface area contributed by atoms with Crippen LogP contribution in [0.4, 0.5) is 0 Å². The molecule has 0 fully saturated rings. The number of carboxylic acid groups (broad SMARTS) is 1. The van der Waals surface area contributed by atoms with E-state index < -0.39 is 20.7 Å². The molecule has 0 aromatic rings. The minimum Gasteiger partial charge on any atom is -0.480 e. The second kappa shape index (κ2) is 10.8. The number of thioether (sulfide) groups is 1. The van der Waals surface area contributed by atoms with Crippen molar-refractivity contribution in [2.75, 3.05) is 12.0 Å². The second-order valence-corrected chi connectivity index (χ2v) is 2.99. The van der Waals surface area contributed by atoms with Crippen molar-refractivity contribution in [2.45, 2.75) is 12.5 Å². The molecule has 12 heavy (non-hydrogen) atoms. The van der Waals surface area contributed by atoms with Crippen LogP contribution in [0, 0.1) is 0 Å². The smallest absolute Gasteiger partial charge is 0.480 e. The van der Waals surface area contributed by atoms with Gasteiger partial charge < -0.3 is 10.8 Å². The van der Waals surface area contributed by atoms with Gasteiger partial charge in [-0.1, -0.05) is 0 Å². The van der Waals surface area contributed by atoms with Gasteiger partial charge in [0, 0.05) is 0 Å². The van der Waals surface area contributed by atoms with Gasteiger partial charge in [0.15, 0.2) is 0 Å². The van der Waals surface area contributed by atoms with E-state index in [-0.39, 0.29) is 0 Å². The molecule has 0 rings (SSSR count). The summed E-state index contributed by atoms with van der Waals surface area (Å²) in [4.78, 5) is 17.1. The molecule has 0 aromatic heterocycles. The molecule has 0 aromatic carbocycles. The monoisotopic (exact) mass is 214 g/mol. The molecular weight excluding hydrogens is 201 g/mol. The topological polar surface area (TPSA) is 101 Å². The summed E-state index contributed by atoms with van der Waals surface area (Å²) < 4.78 is 8.51. The minimum absolute atomic E-state index is 0.552. The third-order valence-corrected chi connectivity index (χ3v) is 1.59. The van der Waals surface area contributed by atoms with Gasteiger partial charge in [-0.3, -0.25) is 4.79 Å². The van der Waals surface area contributed by atoms with Gasteiger partial charge in [0.1, 0.15) is 6.04 Å². The Morgan fingerprint density at radius 1 is 1.75 bits per heavy atom. The Hall–Kier alpha value is -0.160. The molecule has 0 radical (unpaired) electrons. The van der Waals surface area contributed by atoms with Gasteiger partial charge in [-0.05, 0) is 23.0 Å². The summed E-state index contributed by atoms with van der Waals surface area (Å²) in [5, 5.41) is 8.27. The lowest BCUT2D eigenvalue weighted by molar-refractivity contribution is -0.138. The van der Waals surface area contributed by atoms with Crippen molar-refractivity contribution < 1.29 is 19.4 Å². The molecule has 2 atom stereocenters. The minimum atomic E-state index is -1.17. The Labute approximate surface area is 76.6 Å². The summed E-state index contributed by atoms with van der Waals surface area (Å²) in [6.07, 6.45) is 2.48. The maximum absolute atomic E-state index is 10.1. The van der Waals surface area contributed by atoms with Crippen LogP contribution in [-0.2, 0) is 9.36 Å². The number of nitrogens with two attached hydrogens (primary N) is 1. The van der Waals surface area contributed by atoms with Crippen LogP contribution in [0.15, 0.2) is 0 Å².